The lowest BCUT2D eigenvalue weighted by Crippen LogP contribution is -2.20. The number of rotatable bonds is 7. The molecule has 0 unspecified atom stereocenters. The Bertz CT molecular complexity index is 1270. The van der Waals surface area contributed by atoms with Gasteiger partial charge >= 0.3 is 0 Å². The van der Waals surface area contributed by atoms with Crippen molar-refractivity contribution in [3.63, 3.8) is 0 Å². The van der Waals surface area contributed by atoms with E-state index >= 15 is 0 Å². The monoisotopic (exact) mass is 459 g/mol. The van der Waals surface area contributed by atoms with E-state index in [1.54, 1.807) is 4.52 Å². The van der Waals surface area contributed by atoms with Gasteiger partial charge in [-0.2, -0.15) is 9.61 Å². The summed E-state index contributed by atoms with van der Waals surface area (Å²) < 4.78 is 9.88. The van der Waals surface area contributed by atoms with Crippen LogP contribution in [0.4, 0.5) is 5.69 Å². The summed E-state index contributed by atoms with van der Waals surface area (Å²) >= 11 is 0. The zero-order valence-electron chi connectivity index (χ0n) is 19.5. The van der Waals surface area contributed by atoms with Crippen LogP contribution in [0.25, 0.3) is 17.0 Å². The molecule has 2 saturated heterocycles. The first-order chi connectivity index (χ1) is 16.7. The highest BCUT2D eigenvalue weighted by atomic mass is 16.5. The van der Waals surface area contributed by atoms with E-state index < -0.39 is 0 Å². The molecule has 3 aromatic heterocycles. The molecule has 0 radical (unpaired) electrons. The van der Waals surface area contributed by atoms with Crippen LogP contribution in [0.2, 0.25) is 0 Å². The fourth-order valence-corrected chi connectivity index (χ4v) is 4.80. The minimum Gasteiger partial charge on any atom is -0.467 e. The number of likely N-dealkylation sites (tertiary alicyclic amines) is 1. The van der Waals surface area contributed by atoms with E-state index in [0.29, 0.717) is 24.0 Å². The molecule has 0 aliphatic carbocycles. The molecule has 34 heavy (non-hydrogen) atoms. The third-order valence-electron chi connectivity index (χ3n) is 6.62. The van der Waals surface area contributed by atoms with Gasteiger partial charge in [0, 0.05) is 31.8 Å². The molecular formula is C24H29N9O. The van der Waals surface area contributed by atoms with E-state index in [4.69, 9.17) is 14.8 Å². The summed E-state index contributed by atoms with van der Waals surface area (Å²) in [4.78, 5) is 9.46. The zero-order chi connectivity index (χ0) is 22.9. The second kappa shape index (κ2) is 9.02. The van der Waals surface area contributed by atoms with Crippen molar-refractivity contribution in [3.8, 4) is 17.3 Å². The van der Waals surface area contributed by atoms with Crippen LogP contribution in [-0.2, 0) is 20.2 Å². The first kappa shape index (κ1) is 21.0. The van der Waals surface area contributed by atoms with Gasteiger partial charge in [-0.3, -0.25) is 4.90 Å². The zero-order valence-corrected chi connectivity index (χ0v) is 19.5. The number of nitrogens with zero attached hydrogens (tertiary/aromatic N) is 9. The maximum absolute atomic E-state index is 6.30. The van der Waals surface area contributed by atoms with Crippen molar-refractivity contribution < 1.29 is 4.74 Å². The molecule has 176 valence electrons. The van der Waals surface area contributed by atoms with Gasteiger partial charge in [-0.25, -0.2) is 9.67 Å². The Kier molecular flexibility index (Phi) is 5.58. The van der Waals surface area contributed by atoms with Crippen LogP contribution in [0, 0.1) is 0 Å². The maximum Gasteiger partial charge on any atom is 0.256 e. The summed E-state index contributed by atoms with van der Waals surface area (Å²) in [6.07, 6.45) is 4.83. The molecule has 0 atom stereocenters. The summed E-state index contributed by atoms with van der Waals surface area (Å²) in [5.41, 5.74) is 2.62. The Hall–Kier alpha value is -3.53. The lowest BCUT2D eigenvalue weighted by molar-refractivity contribution is 0.275. The van der Waals surface area contributed by atoms with Gasteiger partial charge in [-0.05, 0) is 38.8 Å². The highest BCUT2D eigenvalue weighted by Crippen LogP contribution is 2.32. The fourth-order valence-electron chi connectivity index (χ4n) is 4.80. The van der Waals surface area contributed by atoms with E-state index in [-0.39, 0.29) is 0 Å². The fraction of sp³-hybridized carbons (Fsp3) is 0.458. The third-order valence-corrected chi connectivity index (χ3v) is 6.62. The van der Waals surface area contributed by atoms with Crippen molar-refractivity contribution in [2.45, 2.75) is 38.8 Å². The SMILES string of the molecule is Cn1nc(CN2CCCC2)nc1COc1nn2c(-c3ccccc3)nnc2cc1N1CCCC1. The molecule has 0 bridgehead atoms. The Morgan fingerprint density at radius 2 is 1.68 bits per heavy atom. The summed E-state index contributed by atoms with van der Waals surface area (Å²) in [5, 5.41) is 18.3. The Morgan fingerprint density at radius 1 is 0.912 bits per heavy atom. The number of anilines is 1. The van der Waals surface area contributed by atoms with E-state index in [2.05, 4.69) is 25.1 Å². The number of fused-ring (bicyclic) bond motifs is 1. The minimum absolute atomic E-state index is 0.297. The van der Waals surface area contributed by atoms with Crippen LogP contribution >= 0.6 is 0 Å². The van der Waals surface area contributed by atoms with Gasteiger partial charge in [-0.15, -0.1) is 15.3 Å². The standard InChI is InChI=1S/C24H29N9O/c1-30-22(25-20(28-30)16-31-11-5-6-12-31)17-34-24-19(32-13-7-8-14-32)15-21-26-27-23(33(21)29-24)18-9-3-2-4-10-18/h2-4,9-10,15H,5-8,11-14,16-17H2,1H3. The van der Waals surface area contributed by atoms with Gasteiger partial charge < -0.3 is 9.64 Å². The van der Waals surface area contributed by atoms with E-state index in [9.17, 15) is 0 Å². The van der Waals surface area contributed by atoms with E-state index in [0.717, 1.165) is 68.5 Å². The number of hydrogen-bond donors (Lipinski definition) is 0. The average Bonchev–Trinajstić information content (AvgIpc) is 3.66. The van der Waals surface area contributed by atoms with Gasteiger partial charge in [0.25, 0.3) is 5.88 Å². The van der Waals surface area contributed by atoms with Gasteiger partial charge in [0.05, 0.1) is 6.54 Å². The number of aryl methyl sites for hydroxylation is 1. The number of benzene rings is 1. The predicted octanol–water partition coefficient (Wildman–Crippen LogP) is 2.69. The Labute approximate surface area is 198 Å². The largest absolute Gasteiger partial charge is 0.467 e. The molecule has 5 heterocycles. The minimum atomic E-state index is 0.297. The van der Waals surface area contributed by atoms with Gasteiger partial charge in [-0.1, -0.05) is 30.3 Å². The highest BCUT2D eigenvalue weighted by Gasteiger charge is 2.22. The van der Waals surface area contributed by atoms with Crippen LogP contribution in [-0.4, -0.2) is 65.7 Å². The van der Waals surface area contributed by atoms with Gasteiger partial charge in [0.15, 0.2) is 23.1 Å². The van der Waals surface area contributed by atoms with Crippen LogP contribution in [0.3, 0.4) is 0 Å². The molecule has 1 aromatic carbocycles. The molecule has 10 nitrogen and oxygen atoms in total. The Morgan fingerprint density at radius 3 is 2.47 bits per heavy atom. The van der Waals surface area contributed by atoms with E-state index in [1.807, 2.05) is 48.1 Å². The topological polar surface area (TPSA) is 89.5 Å². The average molecular weight is 460 g/mol. The lowest BCUT2D eigenvalue weighted by Gasteiger charge is -2.20. The van der Waals surface area contributed by atoms with Crippen molar-refractivity contribution in [1.82, 2.24) is 39.5 Å². The molecule has 2 aliphatic heterocycles. The predicted molar refractivity (Wildman–Crippen MR) is 128 cm³/mol. The molecule has 0 N–H and O–H groups in total. The number of aromatic nitrogens is 7. The summed E-state index contributed by atoms with van der Waals surface area (Å²) in [5.74, 6) is 2.89. The van der Waals surface area contributed by atoms with Crippen molar-refractivity contribution in [2.24, 2.45) is 7.05 Å². The second-order valence-electron chi connectivity index (χ2n) is 9.03. The molecule has 4 aromatic rings. The van der Waals surface area contributed by atoms with E-state index in [1.165, 1.54) is 12.8 Å². The number of hydrogen-bond acceptors (Lipinski definition) is 8. The normalized spacial score (nSPS) is 16.7. The third kappa shape index (κ3) is 4.09. The van der Waals surface area contributed by atoms with Crippen LogP contribution < -0.4 is 9.64 Å². The van der Waals surface area contributed by atoms with Gasteiger partial charge in [0.1, 0.15) is 12.3 Å². The molecule has 6 rings (SSSR count). The molecule has 2 aliphatic rings. The molecule has 0 amide bonds. The smallest absolute Gasteiger partial charge is 0.256 e. The molecule has 0 saturated carbocycles. The van der Waals surface area contributed by atoms with Crippen molar-refractivity contribution in [1.29, 1.82) is 0 Å². The number of ether oxygens (including phenoxy) is 1. The van der Waals surface area contributed by atoms with Crippen LogP contribution in [0.5, 0.6) is 5.88 Å². The highest BCUT2D eigenvalue weighted by molar-refractivity contribution is 5.65. The van der Waals surface area contributed by atoms with Crippen molar-refractivity contribution >= 4 is 11.3 Å². The second-order valence-corrected chi connectivity index (χ2v) is 9.03. The van der Waals surface area contributed by atoms with Crippen molar-refractivity contribution in [2.75, 3.05) is 31.1 Å². The van der Waals surface area contributed by atoms with Crippen LogP contribution in [0.1, 0.15) is 37.3 Å². The lowest BCUT2D eigenvalue weighted by atomic mass is 10.2. The Balaban J connectivity index is 1.30. The molecule has 2 fully saturated rings. The first-order valence-electron chi connectivity index (χ1n) is 12.1. The summed E-state index contributed by atoms with van der Waals surface area (Å²) in [6.45, 7) is 5.30. The first-order valence-corrected chi connectivity index (χ1v) is 12.1. The molecule has 10 heteroatoms. The van der Waals surface area contributed by atoms with Gasteiger partial charge in [0.2, 0.25) is 0 Å². The summed E-state index contributed by atoms with van der Waals surface area (Å²) in [6, 6.07) is 12.0. The maximum atomic E-state index is 6.30. The summed E-state index contributed by atoms with van der Waals surface area (Å²) in [7, 11) is 1.92. The van der Waals surface area contributed by atoms with Crippen LogP contribution in [0.15, 0.2) is 36.4 Å². The molecule has 0 spiro atoms. The molecular weight excluding hydrogens is 430 g/mol. The van der Waals surface area contributed by atoms with Crippen molar-refractivity contribution in [3.05, 3.63) is 48.0 Å². The quantitative estimate of drug-likeness (QED) is 0.417.